The molecule has 0 radical (unpaired) electrons. The lowest BCUT2D eigenvalue weighted by Crippen LogP contribution is -2.31. The number of rotatable bonds is 2. The lowest BCUT2D eigenvalue weighted by atomic mass is 10.1. The van der Waals surface area contributed by atoms with Gasteiger partial charge in [-0.05, 0) is 29.8 Å². The van der Waals surface area contributed by atoms with Crippen molar-refractivity contribution in [2.75, 3.05) is 11.1 Å². The van der Waals surface area contributed by atoms with Gasteiger partial charge in [0.15, 0.2) is 6.10 Å². The Balaban J connectivity index is 1.72. The Kier molecular flexibility index (Phi) is 3.02. The molecule has 3 N–H and O–H groups in total. The molecule has 1 atom stereocenters. The Bertz CT molecular complexity index is 648. The van der Waals surface area contributed by atoms with Crippen LogP contribution < -0.4 is 15.8 Å². The molecule has 5 heteroatoms. The Morgan fingerprint density at radius 1 is 1.30 bits per heavy atom. The summed E-state index contributed by atoms with van der Waals surface area (Å²) in [6.07, 6.45) is -0.150. The zero-order valence-corrected chi connectivity index (χ0v) is 10.6. The first-order valence-electron chi connectivity index (χ1n) is 6.24. The fourth-order valence-electron chi connectivity index (χ4n) is 2.17. The monoisotopic (exact) mass is 272 g/mol. The van der Waals surface area contributed by atoms with E-state index in [1.165, 1.54) is 18.2 Å². The topological polar surface area (TPSA) is 64.3 Å². The summed E-state index contributed by atoms with van der Waals surface area (Å²) in [6, 6.07) is 11.6. The van der Waals surface area contributed by atoms with Crippen LogP contribution in [0.25, 0.3) is 0 Å². The van der Waals surface area contributed by atoms with Gasteiger partial charge in [-0.1, -0.05) is 18.2 Å². The molecule has 1 amide bonds. The minimum Gasteiger partial charge on any atom is -0.480 e. The molecule has 0 saturated heterocycles. The highest BCUT2D eigenvalue weighted by Crippen LogP contribution is 2.29. The quantitative estimate of drug-likeness (QED) is 0.825. The molecule has 0 bridgehead atoms. The number of anilines is 2. The maximum absolute atomic E-state index is 13.6. The molecule has 3 rings (SSSR count). The number of nitrogens with two attached hydrogens (primary N) is 1. The van der Waals surface area contributed by atoms with E-state index in [2.05, 4.69) is 5.32 Å². The maximum atomic E-state index is 13.6. The molecule has 0 aromatic heterocycles. The van der Waals surface area contributed by atoms with Crippen LogP contribution in [0, 0.1) is 5.82 Å². The second kappa shape index (κ2) is 4.85. The molecule has 0 saturated carbocycles. The molecule has 0 spiro atoms. The van der Waals surface area contributed by atoms with E-state index in [1.54, 1.807) is 0 Å². The van der Waals surface area contributed by atoms with Crippen LogP contribution in [0.4, 0.5) is 15.8 Å². The largest absolute Gasteiger partial charge is 0.480 e. The van der Waals surface area contributed by atoms with Gasteiger partial charge in [0.1, 0.15) is 11.6 Å². The fraction of sp³-hybridized carbons (Fsp3) is 0.133. The molecular formula is C15H13FN2O2. The van der Waals surface area contributed by atoms with Gasteiger partial charge in [-0.2, -0.15) is 0 Å². The molecule has 0 fully saturated rings. The second-order valence-corrected chi connectivity index (χ2v) is 4.65. The summed E-state index contributed by atoms with van der Waals surface area (Å²) < 4.78 is 19.2. The molecule has 1 aliphatic heterocycles. The van der Waals surface area contributed by atoms with Crippen LogP contribution in [0.1, 0.15) is 5.56 Å². The number of ether oxygens (including phenoxy) is 1. The highest BCUT2D eigenvalue weighted by molar-refractivity contribution is 5.95. The van der Waals surface area contributed by atoms with Gasteiger partial charge in [0.2, 0.25) is 0 Å². The summed E-state index contributed by atoms with van der Waals surface area (Å²) in [4.78, 5) is 12.1. The zero-order chi connectivity index (χ0) is 14.1. The van der Waals surface area contributed by atoms with E-state index in [-0.39, 0.29) is 11.6 Å². The van der Waals surface area contributed by atoms with Crippen LogP contribution in [-0.4, -0.2) is 12.0 Å². The number of para-hydroxylation sites is 1. The third kappa shape index (κ3) is 2.30. The SMILES string of the molecule is Nc1ccc(NC(=O)C2Cc3ccccc3O2)c(F)c1. The first-order chi connectivity index (χ1) is 9.63. The third-order valence-electron chi connectivity index (χ3n) is 3.19. The predicted molar refractivity (Wildman–Crippen MR) is 74.0 cm³/mol. The average molecular weight is 272 g/mol. The Hall–Kier alpha value is -2.56. The van der Waals surface area contributed by atoms with E-state index in [4.69, 9.17) is 10.5 Å². The maximum Gasteiger partial charge on any atom is 0.265 e. The first-order valence-corrected chi connectivity index (χ1v) is 6.24. The van der Waals surface area contributed by atoms with Crippen molar-refractivity contribution in [3.63, 3.8) is 0 Å². The molecule has 20 heavy (non-hydrogen) atoms. The number of fused-ring (bicyclic) bond motifs is 1. The summed E-state index contributed by atoms with van der Waals surface area (Å²) in [5, 5.41) is 2.52. The number of carbonyl (C=O) groups excluding carboxylic acids is 1. The Morgan fingerprint density at radius 3 is 2.85 bits per heavy atom. The summed E-state index contributed by atoms with van der Waals surface area (Å²) in [5.41, 5.74) is 6.85. The molecular weight excluding hydrogens is 259 g/mol. The number of nitrogen functional groups attached to an aromatic ring is 1. The van der Waals surface area contributed by atoms with Gasteiger partial charge in [-0.15, -0.1) is 0 Å². The van der Waals surface area contributed by atoms with Crippen molar-refractivity contribution in [3.8, 4) is 5.75 Å². The molecule has 2 aromatic rings. The highest BCUT2D eigenvalue weighted by atomic mass is 19.1. The van der Waals surface area contributed by atoms with Gasteiger partial charge >= 0.3 is 0 Å². The number of nitrogens with one attached hydrogen (secondary N) is 1. The lowest BCUT2D eigenvalue weighted by molar-refractivity contribution is -0.122. The van der Waals surface area contributed by atoms with E-state index in [1.807, 2.05) is 24.3 Å². The fourth-order valence-corrected chi connectivity index (χ4v) is 2.17. The molecule has 0 aliphatic carbocycles. The minimum absolute atomic E-state index is 0.101. The van der Waals surface area contributed by atoms with Gasteiger partial charge in [0, 0.05) is 12.1 Å². The van der Waals surface area contributed by atoms with E-state index in [9.17, 15) is 9.18 Å². The lowest BCUT2D eigenvalue weighted by Gasteiger charge is -2.12. The van der Waals surface area contributed by atoms with Gasteiger partial charge in [-0.25, -0.2) is 4.39 Å². The van der Waals surface area contributed by atoms with E-state index < -0.39 is 11.9 Å². The average Bonchev–Trinajstić information content (AvgIpc) is 2.86. The van der Waals surface area contributed by atoms with Crippen molar-refractivity contribution in [2.45, 2.75) is 12.5 Å². The molecule has 102 valence electrons. The molecule has 1 unspecified atom stereocenters. The van der Waals surface area contributed by atoms with Gasteiger partial charge in [-0.3, -0.25) is 4.79 Å². The zero-order valence-electron chi connectivity index (χ0n) is 10.6. The summed E-state index contributed by atoms with van der Waals surface area (Å²) in [5.74, 6) is -0.232. The van der Waals surface area contributed by atoms with Gasteiger partial charge in [0.25, 0.3) is 5.91 Å². The van der Waals surface area contributed by atoms with Gasteiger partial charge < -0.3 is 15.8 Å². The number of hydrogen-bond acceptors (Lipinski definition) is 3. The van der Waals surface area contributed by atoms with Crippen LogP contribution in [-0.2, 0) is 11.2 Å². The normalized spacial score (nSPS) is 16.4. The number of amides is 1. The van der Waals surface area contributed by atoms with E-state index >= 15 is 0 Å². The highest BCUT2D eigenvalue weighted by Gasteiger charge is 2.29. The summed E-state index contributed by atoms with van der Waals surface area (Å²) in [6.45, 7) is 0. The molecule has 1 aliphatic rings. The van der Waals surface area contributed by atoms with Crippen LogP contribution in [0.3, 0.4) is 0 Å². The number of hydrogen-bond donors (Lipinski definition) is 2. The number of benzene rings is 2. The van der Waals surface area contributed by atoms with Crippen molar-refractivity contribution in [1.82, 2.24) is 0 Å². The molecule has 4 nitrogen and oxygen atoms in total. The van der Waals surface area contributed by atoms with E-state index in [0.717, 1.165) is 5.56 Å². The van der Waals surface area contributed by atoms with Gasteiger partial charge in [0.05, 0.1) is 5.69 Å². The third-order valence-corrected chi connectivity index (χ3v) is 3.19. The molecule has 2 aromatic carbocycles. The summed E-state index contributed by atoms with van der Waals surface area (Å²) in [7, 11) is 0. The second-order valence-electron chi connectivity index (χ2n) is 4.65. The predicted octanol–water partition coefficient (Wildman–Crippen LogP) is 2.35. The number of carbonyl (C=O) groups is 1. The molecule has 1 heterocycles. The number of halogens is 1. The van der Waals surface area contributed by atoms with Crippen molar-refractivity contribution in [2.24, 2.45) is 0 Å². The first kappa shape index (κ1) is 12.5. The summed E-state index contributed by atoms with van der Waals surface area (Å²) >= 11 is 0. The van der Waals surface area contributed by atoms with Crippen LogP contribution in [0.5, 0.6) is 5.75 Å². The van der Waals surface area contributed by atoms with Crippen molar-refractivity contribution >= 4 is 17.3 Å². The van der Waals surface area contributed by atoms with Crippen LogP contribution >= 0.6 is 0 Å². The Morgan fingerprint density at radius 2 is 2.10 bits per heavy atom. The minimum atomic E-state index is -0.635. The standard InChI is InChI=1S/C15H13FN2O2/c16-11-8-10(17)5-6-12(11)18-15(19)14-7-9-3-1-2-4-13(9)20-14/h1-6,8,14H,7,17H2,(H,18,19). The van der Waals surface area contributed by atoms with E-state index in [0.29, 0.717) is 17.9 Å². The Labute approximate surface area is 115 Å². The van der Waals surface area contributed by atoms with Crippen molar-refractivity contribution in [1.29, 1.82) is 0 Å². The van der Waals surface area contributed by atoms with Crippen molar-refractivity contribution in [3.05, 3.63) is 53.8 Å². The van der Waals surface area contributed by atoms with Crippen LogP contribution in [0.2, 0.25) is 0 Å². The smallest absolute Gasteiger partial charge is 0.265 e. The van der Waals surface area contributed by atoms with Crippen molar-refractivity contribution < 1.29 is 13.9 Å². The van der Waals surface area contributed by atoms with Crippen LogP contribution in [0.15, 0.2) is 42.5 Å².